The first kappa shape index (κ1) is 16.3. The number of benzene rings is 1. The molecule has 128 valence electrons. The normalized spacial score (nSPS) is 14.8. The largest absolute Gasteiger partial charge is 0.490 e. The number of nitrogens with one attached hydrogen (secondary N) is 1. The Kier molecular flexibility index (Phi) is 4.95. The van der Waals surface area contributed by atoms with Gasteiger partial charge in [0.25, 0.3) is 5.91 Å². The van der Waals surface area contributed by atoms with Crippen molar-refractivity contribution in [3.63, 3.8) is 0 Å². The summed E-state index contributed by atoms with van der Waals surface area (Å²) in [4.78, 5) is 12.3. The SMILES string of the molecule is C[C@H](NC(=O)c1cn(CCN)nn1)c1ccc2c(c1)OCCCO2. The Labute approximate surface area is 139 Å². The second kappa shape index (κ2) is 7.31. The van der Waals surface area contributed by atoms with Crippen molar-refractivity contribution in [2.45, 2.75) is 25.9 Å². The summed E-state index contributed by atoms with van der Waals surface area (Å²) in [5.41, 5.74) is 6.66. The predicted molar refractivity (Wildman–Crippen MR) is 87.0 cm³/mol. The Balaban J connectivity index is 1.68. The first-order chi connectivity index (χ1) is 11.7. The Hall–Kier alpha value is -2.61. The zero-order valence-electron chi connectivity index (χ0n) is 13.6. The molecule has 0 fully saturated rings. The van der Waals surface area contributed by atoms with Crippen LogP contribution in [0.2, 0.25) is 0 Å². The molecule has 1 aliphatic rings. The Morgan fingerprint density at radius 3 is 2.96 bits per heavy atom. The smallest absolute Gasteiger partial charge is 0.273 e. The van der Waals surface area contributed by atoms with Gasteiger partial charge in [0, 0.05) is 13.0 Å². The molecule has 0 saturated heterocycles. The van der Waals surface area contributed by atoms with Gasteiger partial charge in [-0.05, 0) is 24.6 Å². The fraction of sp³-hybridized carbons (Fsp3) is 0.438. The van der Waals surface area contributed by atoms with Gasteiger partial charge in [-0.15, -0.1) is 5.10 Å². The molecule has 1 aliphatic heterocycles. The lowest BCUT2D eigenvalue weighted by Gasteiger charge is -2.15. The van der Waals surface area contributed by atoms with E-state index in [2.05, 4.69) is 15.6 Å². The summed E-state index contributed by atoms with van der Waals surface area (Å²) in [6.45, 7) is 4.15. The highest BCUT2D eigenvalue weighted by Crippen LogP contribution is 2.32. The molecule has 0 spiro atoms. The van der Waals surface area contributed by atoms with E-state index >= 15 is 0 Å². The van der Waals surface area contributed by atoms with Crippen LogP contribution in [0.25, 0.3) is 0 Å². The highest BCUT2D eigenvalue weighted by Gasteiger charge is 2.17. The molecule has 1 atom stereocenters. The van der Waals surface area contributed by atoms with Gasteiger partial charge in [0.05, 0.1) is 32.0 Å². The maximum atomic E-state index is 12.3. The van der Waals surface area contributed by atoms with Crippen LogP contribution < -0.4 is 20.5 Å². The second-order valence-electron chi connectivity index (χ2n) is 5.61. The molecular formula is C16H21N5O3. The molecule has 2 heterocycles. The fourth-order valence-corrected chi connectivity index (χ4v) is 2.45. The number of hydrogen-bond donors (Lipinski definition) is 2. The summed E-state index contributed by atoms with van der Waals surface area (Å²) in [5, 5.41) is 10.6. The van der Waals surface area contributed by atoms with Crippen molar-refractivity contribution < 1.29 is 14.3 Å². The topological polar surface area (TPSA) is 104 Å². The molecule has 8 nitrogen and oxygen atoms in total. The van der Waals surface area contributed by atoms with Gasteiger partial charge < -0.3 is 20.5 Å². The van der Waals surface area contributed by atoms with Gasteiger partial charge in [0.1, 0.15) is 0 Å². The van der Waals surface area contributed by atoms with Crippen LogP contribution in [0.4, 0.5) is 0 Å². The average molecular weight is 331 g/mol. The molecule has 0 saturated carbocycles. The summed E-state index contributed by atoms with van der Waals surface area (Å²) in [7, 11) is 0. The molecule has 24 heavy (non-hydrogen) atoms. The van der Waals surface area contributed by atoms with E-state index in [4.69, 9.17) is 15.2 Å². The summed E-state index contributed by atoms with van der Waals surface area (Å²) in [5.74, 6) is 1.16. The predicted octanol–water partition coefficient (Wildman–Crippen LogP) is 0.889. The van der Waals surface area contributed by atoms with E-state index in [-0.39, 0.29) is 17.6 Å². The molecular weight excluding hydrogens is 310 g/mol. The second-order valence-corrected chi connectivity index (χ2v) is 5.61. The fourth-order valence-electron chi connectivity index (χ4n) is 2.45. The molecule has 0 unspecified atom stereocenters. The van der Waals surface area contributed by atoms with Gasteiger partial charge in [0.15, 0.2) is 17.2 Å². The number of carbonyl (C=O) groups is 1. The number of hydrogen-bond acceptors (Lipinski definition) is 6. The third kappa shape index (κ3) is 3.65. The minimum atomic E-state index is -0.280. The standard InChI is InChI=1S/C16H21N5O3/c1-11(18-16(22)13-10-21(6-5-17)20-19-13)12-3-4-14-15(9-12)24-8-2-7-23-14/h3-4,9-11H,2,5-8,17H2,1H3,(H,18,22)/t11-/m0/s1. The number of rotatable bonds is 5. The van der Waals surface area contributed by atoms with Crippen molar-refractivity contribution in [2.24, 2.45) is 5.73 Å². The highest BCUT2D eigenvalue weighted by atomic mass is 16.5. The van der Waals surface area contributed by atoms with E-state index in [0.717, 1.165) is 17.7 Å². The Morgan fingerprint density at radius 1 is 1.38 bits per heavy atom. The van der Waals surface area contributed by atoms with E-state index in [0.29, 0.717) is 32.1 Å². The lowest BCUT2D eigenvalue weighted by atomic mass is 10.1. The zero-order chi connectivity index (χ0) is 16.9. The molecule has 1 aromatic heterocycles. The van der Waals surface area contributed by atoms with Crippen LogP contribution in [0.3, 0.4) is 0 Å². The maximum absolute atomic E-state index is 12.3. The molecule has 3 rings (SSSR count). The van der Waals surface area contributed by atoms with Crippen molar-refractivity contribution in [1.29, 1.82) is 0 Å². The molecule has 3 N–H and O–H groups in total. The summed E-state index contributed by atoms with van der Waals surface area (Å²) in [6.07, 6.45) is 2.44. The van der Waals surface area contributed by atoms with Crippen LogP contribution in [-0.4, -0.2) is 40.7 Å². The van der Waals surface area contributed by atoms with E-state index < -0.39 is 0 Å². The Morgan fingerprint density at radius 2 is 2.17 bits per heavy atom. The van der Waals surface area contributed by atoms with E-state index in [9.17, 15) is 4.79 Å². The van der Waals surface area contributed by atoms with Crippen LogP contribution in [0.15, 0.2) is 24.4 Å². The molecule has 0 radical (unpaired) electrons. The highest BCUT2D eigenvalue weighted by molar-refractivity contribution is 5.92. The van der Waals surface area contributed by atoms with E-state index in [1.165, 1.54) is 0 Å². The van der Waals surface area contributed by atoms with Gasteiger partial charge in [-0.25, -0.2) is 0 Å². The summed E-state index contributed by atoms with van der Waals surface area (Å²) < 4.78 is 12.8. The number of carbonyl (C=O) groups excluding carboxylic acids is 1. The van der Waals surface area contributed by atoms with Crippen molar-refractivity contribution in [1.82, 2.24) is 20.3 Å². The Bertz CT molecular complexity index is 715. The van der Waals surface area contributed by atoms with E-state index in [1.54, 1.807) is 10.9 Å². The minimum Gasteiger partial charge on any atom is -0.490 e. The number of amides is 1. The third-order valence-electron chi connectivity index (χ3n) is 3.75. The molecule has 0 aliphatic carbocycles. The van der Waals surface area contributed by atoms with Crippen molar-refractivity contribution in [3.8, 4) is 11.5 Å². The minimum absolute atomic E-state index is 0.200. The average Bonchev–Trinajstić information content (AvgIpc) is 2.92. The molecule has 1 amide bonds. The van der Waals surface area contributed by atoms with Crippen molar-refractivity contribution >= 4 is 5.91 Å². The van der Waals surface area contributed by atoms with Crippen LogP contribution in [-0.2, 0) is 6.54 Å². The van der Waals surface area contributed by atoms with Crippen LogP contribution in [0.1, 0.15) is 35.4 Å². The molecule has 1 aromatic carbocycles. The van der Waals surface area contributed by atoms with Gasteiger partial charge in [-0.2, -0.15) is 0 Å². The first-order valence-corrected chi connectivity index (χ1v) is 7.98. The summed E-state index contributed by atoms with van der Waals surface area (Å²) >= 11 is 0. The monoisotopic (exact) mass is 331 g/mol. The summed E-state index contributed by atoms with van der Waals surface area (Å²) in [6, 6.07) is 5.49. The quantitative estimate of drug-likeness (QED) is 0.843. The number of aromatic nitrogens is 3. The van der Waals surface area contributed by atoms with E-state index in [1.807, 2.05) is 25.1 Å². The number of nitrogens with zero attached hydrogens (tertiary/aromatic N) is 3. The van der Waals surface area contributed by atoms with Gasteiger partial charge in [0.2, 0.25) is 0 Å². The molecule has 0 bridgehead atoms. The van der Waals surface area contributed by atoms with Crippen LogP contribution in [0, 0.1) is 0 Å². The van der Waals surface area contributed by atoms with Gasteiger partial charge >= 0.3 is 0 Å². The lowest BCUT2D eigenvalue weighted by molar-refractivity contribution is 0.0934. The van der Waals surface area contributed by atoms with Crippen LogP contribution >= 0.6 is 0 Å². The van der Waals surface area contributed by atoms with Gasteiger partial charge in [-0.3, -0.25) is 9.48 Å². The lowest BCUT2D eigenvalue weighted by Crippen LogP contribution is -2.27. The number of ether oxygens (including phenoxy) is 2. The number of nitrogens with two attached hydrogens (primary N) is 1. The van der Waals surface area contributed by atoms with Crippen molar-refractivity contribution in [2.75, 3.05) is 19.8 Å². The number of fused-ring (bicyclic) bond motifs is 1. The maximum Gasteiger partial charge on any atom is 0.273 e. The molecule has 2 aromatic rings. The van der Waals surface area contributed by atoms with Crippen molar-refractivity contribution in [3.05, 3.63) is 35.7 Å². The zero-order valence-corrected chi connectivity index (χ0v) is 13.6. The van der Waals surface area contributed by atoms with Crippen LogP contribution in [0.5, 0.6) is 11.5 Å². The third-order valence-corrected chi connectivity index (χ3v) is 3.75. The first-order valence-electron chi connectivity index (χ1n) is 7.98. The molecule has 8 heteroatoms. The van der Waals surface area contributed by atoms with Gasteiger partial charge in [-0.1, -0.05) is 11.3 Å².